The molecule has 1 amide bonds. The van der Waals surface area contributed by atoms with Crippen LogP contribution in [-0.2, 0) is 11.3 Å². The van der Waals surface area contributed by atoms with Gasteiger partial charge >= 0.3 is 0 Å². The first kappa shape index (κ1) is 15.1. The van der Waals surface area contributed by atoms with Crippen LogP contribution in [0.4, 0.5) is 0 Å². The summed E-state index contributed by atoms with van der Waals surface area (Å²) >= 11 is 0. The van der Waals surface area contributed by atoms with Gasteiger partial charge in [0.2, 0.25) is 5.75 Å². The number of carbonyl (C=O) groups is 1. The molecule has 0 fully saturated rings. The fraction of sp³-hybridized carbons (Fsp3) is 0.462. The second-order valence-corrected chi connectivity index (χ2v) is 3.86. The lowest BCUT2D eigenvalue weighted by molar-refractivity contribution is -0.119. The van der Waals surface area contributed by atoms with Crippen LogP contribution >= 0.6 is 0 Å². The fourth-order valence-corrected chi connectivity index (χ4v) is 1.59. The molecule has 3 N–H and O–H groups in total. The first-order valence-electron chi connectivity index (χ1n) is 5.99. The van der Waals surface area contributed by atoms with Crippen molar-refractivity contribution in [3.05, 3.63) is 17.7 Å². The Bertz CT molecular complexity index is 410. The van der Waals surface area contributed by atoms with E-state index in [0.717, 1.165) is 12.1 Å². The lowest BCUT2D eigenvalue weighted by Crippen LogP contribution is -2.20. The van der Waals surface area contributed by atoms with Gasteiger partial charge in [-0.3, -0.25) is 4.79 Å². The van der Waals surface area contributed by atoms with Gasteiger partial charge in [-0.1, -0.05) is 6.92 Å². The molecule has 0 aliphatic carbocycles. The van der Waals surface area contributed by atoms with Crippen LogP contribution in [0.3, 0.4) is 0 Å². The Kier molecular flexibility index (Phi) is 5.95. The summed E-state index contributed by atoms with van der Waals surface area (Å²) in [6, 6.07) is 3.67. The van der Waals surface area contributed by atoms with E-state index in [4.69, 9.17) is 19.9 Å². The molecule has 1 aromatic rings. The first-order valence-corrected chi connectivity index (χ1v) is 5.99. The summed E-state index contributed by atoms with van der Waals surface area (Å²) in [6.07, 6.45) is 0. The molecular formula is C13H20N2O4. The average Bonchev–Trinajstić information content (AvgIpc) is 2.42. The molecule has 0 radical (unpaired) electrons. The summed E-state index contributed by atoms with van der Waals surface area (Å²) in [5.41, 5.74) is 6.07. The predicted octanol–water partition coefficient (Wildman–Crippen LogP) is 0.677. The first-order chi connectivity index (χ1) is 9.12. The summed E-state index contributed by atoms with van der Waals surface area (Å²) in [5.74, 6) is 0.840. The molecule has 0 unspecified atom stereocenters. The largest absolute Gasteiger partial charge is 0.493 e. The topological polar surface area (TPSA) is 82.8 Å². The predicted molar refractivity (Wildman–Crippen MR) is 71.6 cm³/mol. The van der Waals surface area contributed by atoms with Gasteiger partial charge < -0.3 is 25.3 Å². The second kappa shape index (κ2) is 7.48. The lowest BCUT2D eigenvalue weighted by atomic mass is 10.1. The molecule has 0 saturated carbocycles. The van der Waals surface area contributed by atoms with Gasteiger partial charge in [-0.2, -0.15) is 0 Å². The highest BCUT2D eigenvalue weighted by molar-refractivity contribution is 5.75. The van der Waals surface area contributed by atoms with Crippen molar-refractivity contribution in [1.82, 2.24) is 5.32 Å². The maximum absolute atomic E-state index is 10.8. The minimum atomic E-state index is -0.555. The van der Waals surface area contributed by atoms with Crippen molar-refractivity contribution in [2.75, 3.05) is 27.4 Å². The van der Waals surface area contributed by atoms with Crippen LogP contribution in [0, 0.1) is 0 Å². The van der Waals surface area contributed by atoms with Gasteiger partial charge in [0, 0.05) is 6.54 Å². The molecule has 1 rings (SSSR count). The molecule has 6 nitrogen and oxygen atoms in total. The molecule has 0 atom stereocenters. The number of methoxy groups -OCH3 is 2. The Balaban J connectivity index is 3.02. The molecule has 0 aliphatic rings. The fourth-order valence-electron chi connectivity index (χ4n) is 1.59. The standard InChI is InChI=1S/C13H20N2O4/c1-4-15-7-9-5-10(17-2)13(11(6-9)18-3)19-8-12(14)16/h5-6,15H,4,7-8H2,1-3H3,(H2,14,16). The third kappa shape index (κ3) is 4.33. The molecule has 0 heterocycles. The number of benzene rings is 1. The van der Waals surface area contributed by atoms with E-state index in [1.807, 2.05) is 19.1 Å². The second-order valence-electron chi connectivity index (χ2n) is 3.86. The van der Waals surface area contributed by atoms with Crippen LogP contribution in [0.25, 0.3) is 0 Å². The lowest BCUT2D eigenvalue weighted by Gasteiger charge is -2.15. The van der Waals surface area contributed by atoms with Gasteiger partial charge in [-0.05, 0) is 24.2 Å². The summed E-state index contributed by atoms with van der Waals surface area (Å²) in [7, 11) is 3.06. The normalized spacial score (nSPS) is 10.1. The maximum Gasteiger partial charge on any atom is 0.255 e. The molecule has 6 heteroatoms. The number of amides is 1. The van der Waals surface area contributed by atoms with Crippen molar-refractivity contribution in [1.29, 1.82) is 0 Å². The van der Waals surface area contributed by atoms with E-state index in [1.165, 1.54) is 14.2 Å². The number of carbonyl (C=O) groups excluding carboxylic acids is 1. The van der Waals surface area contributed by atoms with Gasteiger partial charge in [-0.15, -0.1) is 0 Å². The van der Waals surface area contributed by atoms with E-state index in [0.29, 0.717) is 23.8 Å². The highest BCUT2D eigenvalue weighted by atomic mass is 16.5. The van der Waals surface area contributed by atoms with E-state index < -0.39 is 5.91 Å². The van der Waals surface area contributed by atoms with E-state index in [-0.39, 0.29) is 6.61 Å². The highest BCUT2D eigenvalue weighted by Crippen LogP contribution is 2.38. The molecule has 0 aromatic heterocycles. The Labute approximate surface area is 112 Å². The van der Waals surface area contributed by atoms with Crippen molar-refractivity contribution in [3.8, 4) is 17.2 Å². The Morgan fingerprint density at radius 2 is 1.84 bits per heavy atom. The van der Waals surface area contributed by atoms with Crippen molar-refractivity contribution >= 4 is 5.91 Å². The Hall–Kier alpha value is -1.95. The van der Waals surface area contributed by atoms with Gasteiger partial charge in [0.05, 0.1) is 14.2 Å². The average molecular weight is 268 g/mol. The van der Waals surface area contributed by atoms with Crippen LogP contribution in [0.1, 0.15) is 12.5 Å². The summed E-state index contributed by atoms with van der Waals surface area (Å²) in [5, 5.41) is 3.21. The van der Waals surface area contributed by atoms with Gasteiger partial charge in [-0.25, -0.2) is 0 Å². The van der Waals surface area contributed by atoms with E-state index in [9.17, 15) is 4.79 Å². The van der Waals surface area contributed by atoms with Crippen molar-refractivity contribution in [2.24, 2.45) is 5.73 Å². The van der Waals surface area contributed by atoms with Crippen LogP contribution in [0.5, 0.6) is 17.2 Å². The molecule has 0 aliphatic heterocycles. The van der Waals surface area contributed by atoms with Gasteiger partial charge in [0.1, 0.15) is 0 Å². The molecule has 0 bridgehead atoms. The minimum Gasteiger partial charge on any atom is -0.493 e. The smallest absolute Gasteiger partial charge is 0.255 e. The zero-order valence-corrected chi connectivity index (χ0v) is 11.5. The van der Waals surface area contributed by atoms with E-state index in [1.54, 1.807) is 0 Å². The van der Waals surface area contributed by atoms with Crippen LogP contribution < -0.4 is 25.3 Å². The van der Waals surface area contributed by atoms with Gasteiger partial charge in [0.25, 0.3) is 5.91 Å². The summed E-state index contributed by atoms with van der Waals surface area (Å²) < 4.78 is 15.8. The Morgan fingerprint density at radius 1 is 1.26 bits per heavy atom. The molecule has 1 aromatic carbocycles. The number of ether oxygens (including phenoxy) is 3. The zero-order valence-electron chi connectivity index (χ0n) is 11.5. The van der Waals surface area contributed by atoms with Gasteiger partial charge in [0.15, 0.2) is 18.1 Å². The Morgan fingerprint density at radius 3 is 2.26 bits per heavy atom. The minimum absolute atomic E-state index is 0.223. The number of nitrogens with one attached hydrogen (secondary N) is 1. The number of nitrogens with two attached hydrogens (primary N) is 1. The third-order valence-electron chi connectivity index (χ3n) is 2.46. The zero-order chi connectivity index (χ0) is 14.3. The SMILES string of the molecule is CCNCc1cc(OC)c(OCC(N)=O)c(OC)c1. The quantitative estimate of drug-likeness (QED) is 0.724. The summed E-state index contributed by atoms with van der Waals surface area (Å²) in [6.45, 7) is 3.36. The van der Waals surface area contributed by atoms with Crippen LogP contribution in [0.15, 0.2) is 12.1 Å². The molecule has 0 saturated heterocycles. The maximum atomic E-state index is 10.8. The van der Waals surface area contributed by atoms with Crippen LogP contribution in [-0.4, -0.2) is 33.3 Å². The van der Waals surface area contributed by atoms with E-state index >= 15 is 0 Å². The third-order valence-corrected chi connectivity index (χ3v) is 2.46. The van der Waals surface area contributed by atoms with Crippen LogP contribution in [0.2, 0.25) is 0 Å². The number of hydrogen-bond acceptors (Lipinski definition) is 5. The molecule has 106 valence electrons. The van der Waals surface area contributed by atoms with Crippen molar-refractivity contribution in [2.45, 2.75) is 13.5 Å². The number of rotatable bonds is 8. The molecular weight excluding hydrogens is 248 g/mol. The number of hydrogen-bond donors (Lipinski definition) is 2. The van der Waals surface area contributed by atoms with Crippen molar-refractivity contribution < 1.29 is 19.0 Å². The molecule has 19 heavy (non-hydrogen) atoms. The monoisotopic (exact) mass is 268 g/mol. The highest BCUT2D eigenvalue weighted by Gasteiger charge is 2.14. The van der Waals surface area contributed by atoms with Crippen molar-refractivity contribution in [3.63, 3.8) is 0 Å². The summed E-state index contributed by atoms with van der Waals surface area (Å²) in [4.78, 5) is 10.8. The van der Waals surface area contributed by atoms with E-state index in [2.05, 4.69) is 5.32 Å². The molecule has 0 spiro atoms. The number of primary amides is 1.